The molecule has 0 radical (unpaired) electrons. The van der Waals surface area contributed by atoms with E-state index in [2.05, 4.69) is 74.6 Å². The number of benzene rings is 1. The molecular formula is C18H18. The van der Waals surface area contributed by atoms with Crippen LogP contribution < -0.4 is 0 Å². The van der Waals surface area contributed by atoms with Gasteiger partial charge in [0.2, 0.25) is 0 Å². The fourth-order valence-corrected chi connectivity index (χ4v) is 2.97. The van der Waals surface area contributed by atoms with Gasteiger partial charge in [-0.2, -0.15) is 0 Å². The van der Waals surface area contributed by atoms with Gasteiger partial charge in [-0.05, 0) is 30.6 Å². The maximum Gasteiger partial charge on any atom is 0.0128 e. The van der Waals surface area contributed by atoms with Gasteiger partial charge in [-0.15, -0.1) is 0 Å². The van der Waals surface area contributed by atoms with E-state index in [0.717, 1.165) is 0 Å². The van der Waals surface area contributed by atoms with Gasteiger partial charge in [-0.1, -0.05) is 66.3 Å². The first kappa shape index (κ1) is 11.3. The van der Waals surface area contributed by atoms with Crippen molar-refractivity contribution in [2.24, 2.45) is 11.8 Å². The summed E-state index contributed by atoms with van der Waals surface area (Å²) in [5.41, 5.74) is 5.69. The van der Waals surface area contributed by atoms with Crippen LogP contribution in [0.25, 0.3) is 5.57 Å². The lowest BCUT2D eigenvalue weighted by Gasteiger charge is -2.31. The zero-order valence-electron chi connectivity index (χ0n) is 10.9. The van der Waals surface area contributed by atoms with E-state index in [1.807, 2.05) is 0 Å². The second kappa shape index (κ2) is 4.45. The topological polar surface area (TPSA) is 0 Å². The van der Waals surface area contributed by atoms with Crippen LogP contribution in [0.4, 0.5) is 0 Å². The van der Waals surface area contributed by atoms with Gasteiger partial charge in [0.1, 0.15) is 0 Å². The molecule has 0 heterocycles. The highest BCUT2D eigenvalue weighted by Crippen LogP contribution is 2.42. The zero-order valence-corrected chi connectivity index (χ0v) is 10.9. The van der Waals surface area contributed by atoms with Gasteiger partial charge < -0.3 is 0 Å². The van der Waals surface area contributed by atoms with Crippen molar-refractivity contribution in [3.8, 4) is 0 Å². The summed E-state index contributed by atoms with van der Waals surface area (Å²) in [6.45, 7) is 4.47. The summed E-state index contributed by atoms with van der Waals surface area (Å²) in [5, 5.41) is 0. The third kappa shape index (κ3) is 1.78. The maximum atomic E-state index is 2.40. The standard InChI is InChI=1S/C18H18/c1-13-12-16-10-6-7-11-17(16)18(14(13)2)15-8-4-3-5-9-15/h3-12,16-17H,1-2H3. The summed E-state index contributed by atoms with van der Waals surface area (Å²) in [4.78, 5) is 0. The van der Waals surface area contributed by atoms with Crippen molar-refractivity contribution in [1.82, 2.24) is 0 Å². The fraction of sp³-hybridized carbons (Fsp3) is 0.222. The third-order valence-corrected chi connectivity index (χ3v) is 4.03. The van der Waals surface area contributed by atoms with Gasteiger partial charge in [-0.3, -0.25) is 0 Å². The van der Waals surface area contributed by atoms with Gasteiger partial charge in [0.25, 0.3) is 0 Å². The average molecular weight is 234 g/mol. The van der Waals surface area contributed by atoms with Gasteiger partial charge >= 0.3 is 0 Å². The minimum Gasteiger partial charge on any atom is -0.0767 e. The Labute approximate surface area is 109 Å². The Morgan fingerprint density at radius 3 is 2.39 bits per heavy atom. The van der Waals surface area contributed by atoms with Crippen LogP contribution in [0.2, 0.25) is 0 Å². The quantitative estimate of drug-likeness (QED) is 0.656. The fourth-order valence-electron chi connectivity index (χ4n) is 2.97. The largest absolute Gasteiger partial charge is 0.0767 e. The van der Waals surface area contributed by atoms with E-state index in [0.29, 0.717) is 11.8 Å². The third-order valence-electron chi connectivity index (χ3n) is 4.03. The molecule has 0 spiro atoms. The molecule has 2 aliphatic rings. The summed E-state index contributed by atoms with van der Waals surface area (Å²) in [5.74, 6) is 1.02. The molecule has 0 fully saturated rings. The Balaban J connectivity index is 2.15. The molecule has 0 aliphatic heterocycles. The van der Waals surface area contributed by atoms with E-state index in [1.165, 1.54) is 22.3 Å². The van der Waals surface area contributed by atoms with Crippen molar-refractivity contribution in [3.63, 3.8) is 0 Å². The predicted molar refractivity (Wildman–Crippen MR) is 78.1 cm³/mol. The van der Waals surface area contributed by atoms with Crippen LogP contribution in [0.5, 0.6) is 0 Å². The molecule has 3 rings (SSSR count). The normalized spacial score (nSPS) is 26.0. The van der Waals surface area contributed by atoms with E-state index in [4.69, 9.17) is 0 Å². The molecule has 2 aliphatic carbocycles. The van der Waals surface area contributed by atoms with E-state index < -0.39 is 0 Å². The minimum absolute atomic E-state index is 0.501. The monoisotopic (exact) mass is 234 g/mol. The van der Waals surface area contributed by atoms with Crippen molar-refractivity contribution in [2.45, 2.75) is 13.8 Å². The number of hydrogen-bond acceptors (Lipinski definition) is 0. The van der Waals surface area contributed by atoms with Crippen molar-refractivity contribution in [3.05, 3.63) is 77.4 Å². The molecule has 0 nitrogen and oxygen atoms in total. The number of fused-ring (bicyclic) bond motifs is 1. The molecule has 1 aromatic rings. The number of allylic oxidation sites excluding steroid dienone is 8. The van der Waals surface area contributed by atoms with Crippen LogP contribution in [0.15, 0.2) is 71.9 Å². The lowest BCUT2D eigenvalue weighted by atomic mass is 9.73. The summed E-state index contributed by atoms with van der Waals surface area (Å²) in [7, 11) is 0. The molecule has 0 saturated heterocycles. The van der Waals surface area contributed by atoms with Crippen LogP contribution in [0, 0.1) is 11.8 Å². The Bertz CT molecular complexity index is 567. The van der Waals surface area contributed by atoms with Crippen molar-refractivity contribution < 1.29 is 0 Å². The first-order valence-corrected chi connectivity index (χ1v) is 6.57. The summed E-state index contributed by atoms with van der Waals surface area (Å²) >= 11 is 0. The highest BCUT2D eigenvalue weighted by atomic mass is 14.3. The van der Waals surface area contributed by atoms with Crippen LogP contribution in [-0.2, 0) is 0 Å². The number of hydrogen-bond donors (Lipinski definition) is 0. The molecule has 2 unspecified atom stereocenters. The second-order valence-electron chi connectivity index (χ2n) is 5.13. The molecule has 90 valence electrons. The molecule has 1 aromatic carbocycles. The first-order valence-electron chi connectivity index (χ1n) is 6.57. The van der Waals surface area contributed by atoms with Gasteiger partial charge in [0, 0.05) is 11.8 Å². The van der Waals surface area contributed by atoms with Crippen LogP contribution in [0.1, 0.15) is 19.4 Å². The molecule has 0 N–H and O–H groups in total. The molecular weight excluding hydrogens is 216 g/mol. The lowest BCUT2D eigenvalue weighted by molar-refractivity contribution is 0.666. The number of rotatable bonds is 1. The molecule has 0 aromatic heterocycles. The molecule has 0 heteroatoms. The molecule has 0 bridgehead atoms. The molecule has 2 atom stereocenters. The predicted octanol–water partition coefficient (Wildman–Crippen LogP) is 4.78. The van der Waals surface area contributed by atoms with Crippen molar-refractivity contribution in [2.75, 3.05) is 0 Å². The smallest absolute Gasteiger partial charge is 0.0128 e. The zero-order chi connectivity index (χ0) is 12.5. The van der Waals surface area contributed by atoms with E-state index in [-0.39, 0.29) is 0 Å². The van der Waals surface area contributed by atoms with Crippen LogP contribution in [0.3, 0.4) is 0 Å². The van der Waals surface area contributed by atoms with E-state index in [9.17, 15) is 0 Å². The summed E-state index contributed by atoms with van der Waals surface area (Å²) < 4.78 is 0. The molecule has 0 amide bonds. The Hall–Kier alpha value is -1.82. The first-order chi connectivity index (χ1) is 8.77. The average Bonchev–Trinajstić information content (AvgIpc) is 2.41. The Morgan fingerprint density at radius 2 is 1.61 bits per heavy atom. The Kier molecular flexibility index (Phi) is 2.79. The second-order valence-corrected chi connectivity index (χ2v) is 5.13. The molecule has 0 saturated carbocycles. The summed E-state index contributed by atoms with van der Waals surface area (Å²) in [6.07, 6.45) is 11.4. The van der Waals surface area contributed by atoms with E-state index >= 15 is 0 Å². The van der Waals surface area contributed by atoms with Gasteiger partial charge in [0.15, 0.2) is 0 Å². The summed E-state index contributed by atoms with van der Waals surface area (Å²) in [6, 6.07) is 10.8. The highest BCUT2D eigenvalue weighted by Gasteiger charge is 2.27. The van der Waals surface area contributed by atoms with Crippen molar-refractivity contribution in [1.29, 1.82) is 0 Å². The van der Waals surface area contributed by atoms with Crippen LogP contribution >= 0.6 is 0 Å². The maximum absolute atomic E-state index is 2.40. The minimum atomic E-state index is 0.501. The van der Waals surface area contributed by atoms with Crippen molar-refractivity contribution >= 4 is 5.57 Å². The highest BCUT2D eigenvalue weighted by molar-refractivity contribution is 5.77. The van der Waals surface area contributed by atoms with Crippen LogP contribution in [-0.4, -0.2) is 0 Å². The Morgan fingerprint density at radius 1 is 0.889 bits per heavy atom. The lowest BCUT2D eigenvalue weighted by Crippen LogP contribution is -2.18. The molecule has 18 heavy (non-hydrogen) atoms. The van der Waals surface area contributed by atoms with E-state index in [1.54, 1.807) is 0 Å². The van der Waals surface area contributed by atoms with Gasteiger partial charge in [0.05, 0.1) is 0 Å². The SMILES string of the molecule is CC1=CC2C=CC=CC2C(c2ccccc2)=C1C. The van der Waals surface area contributed by atoms with Gasteiger partial charge in [-0.25, -0.2) is 0 Å².